The van der Waals surface area contributed by atoms with Gasteiger partial charge in [0.25, 0.3) is 0 Å². The average molecular weight is 205 g/mol. The van der Waals surface area contributed by atoms with Crippen molar-refractivity contribution in [2.75, 3.05) is 0 Å². The van der Waals surface area contributed by atoms with Crippen molar-refractivity contribution in [3.05, 3.63) is 0 Å². The molecule has 0 saturated heterocycles. The molecule has 1 saturated carbocycles. The van der Waals surface area contributed by atoms with Crippen molar-refractivity contribution in [3.63, 3.8) is 0 Å². The molecule has 4 unspecified atom stereocenters. The van der Waals surface area contributed by atoms with Crippen molar-refractivity contribution in [2.24, 2.45) is 5.73 Å². The highest BCUT2D eigenvalue weighted by Gasteiger charge is 2.30. The van der Waals surface area contributed by atoms with Gasteiger partial charge in [0.05, 0.1) is 6.10 Å². The van der Waals surface area contributed by atoms with Crippen molar-refractivity contribution in [2.45, 2.75) is 50.6 Å². The van der Waals surface area contributed by atoms with Crippen molar-refractivity contribution in [1.29, 1.82) is 0 Å². The van der Waals surface area contributed by atoms with Crippen LogP contribution >= 0.6 is 0 Å². The van der Waals surface area contributed by atoms with Crippen LogP contribution in [0.2, 0.25) is 0 Å². The number of carbonyl (C=O) groups is 1. The fourth-order valence-corrected chi connectivity index (χ4v) is 1.57. The number of hydrogen-bond acceptors (Lipinski definition) is 3. The Hall–Kier alpha value is -0.680. The zero-order valence-electron chi connectivity index (χ0n) is 8.15. The lowest BCUT2D eigenvalue weighted by molar-refractivity contribution is -0.154. The van der Waals surface area contributed by atoms with Gasteiger partial charge in [-0.1, -0.05) is 0 Å². The van der Waals surface area contributed by atoms with Crippen LogP contribution in [0.3, 0.4) is 0 Å². The number of halogens is 1. The van der Waals surface area contributed by atoms with Gasteiger partial charge in [0.1, 0.15) is 6.17 Å². The van der Waals surface area contributed by atoms with E-state index in [1.165, 1.54) is 6.92 Å². The normalized spacial score (nSPS) is 35.2. The van der Waals surface area contributed by atoms with E-state index in [0.717, 1.165) is 0 Å². The van der Waals surface area contributed by atoms with Crippen LogP contribution in [-0.4, -0.2) is 35.5 Å². The molecule has 0 heterocycles. The van der Waals surface area contributed by atoms with Gasteiger partial charge in [-0.3, -0.25) is 0 Å². The lowest BCUT2D eigenvalue weighted by atomic mass is 9.92. The predicted molar refractivity (Wildman–Crippen MR) is 48.7 cm³/mol. The molecular weight excluding hydrogens is 189 g/mol. The molecule has 4 nitrogen and oxygen atoms in total. The first-order valence-corrected chi connectivity index (χ1v) is 4.78. The summed E-state index contributed by atoms with van der Waals surface area (Å²) in [4.78, 5) is 10.5. The summed E-state index contributed by atoms with van der Waals surface area (Å²) >= 11 is 0. The van der Waals surface area contributed by atoms with Gasteiger partial charge in [-0.25, -0.2) is 9.18 Å². The van der Waals surface area contributed by atoms with E-state index >= 15 is 0 Å². The molecule has 0 aromatic carbocycles. The molecule has 82 valence electrons. The van der Waals surface area contributed by atoms with Crippen LogP contribution < -0.4 is 5.73 Å². The molecule has 3 N–H and O–H groups in total. The molecule has 5 heteroatoms. The smallest absolute Gasteiger partial charge is 0.332 e. The summed E-state index contributed by atoms with van der Waals surface area (Å²) in [6, 6.07) is -0.421. The van der Waals surface area contributed by atoms with Crippen LogP contribution in [0.25, 0.3) is 0 Å². The molecule has 0 spiro atoms. The fourth-order valence-electron chi connectivity index (χ4n) is 1.57. The number of ether oxygens (including phenoxy) is 1. The first-order chi connectivity index (χ1) is 6.50. The molecule has 0 aliphatic heterocycles. The number of alkyl halides is 1. The van der Waals surface area contributed by atoms with Crippen LogP contribution in [0.1, 0.15) is 26.2 Å². The van der Waals surface area contributed by atoms with E-state index < -0.39 is 24.3 Å². The van der Waals surface area contributed by atoms with Gasteiger partial charge in [-0.15, -0.1) is 0 Å². The van der Waals surface area contributed by atoms with E-state index in [-0.39, 0.29) is 12.5 Å². The zero-order valence-corrected chi connectivity index (χ0v) is 8.15. The maximum atomic E-state index is 13.1. The molecule has 4 atom stereocenters. The van der Waals surface area contributed by atoms with Gasteiger partial charge < -0.3 is 15.6 Å². The maximum Gasteiger partial charge on any atom is 0.332 e. The summed E-state index contributed by atoms with van der Waals surface area (Å²) < 4.78 is 18.3. The Morgan fingerprint density at radius 3 is 2.79 bits per heavy atom. The highest BCUT2D eigenvalue weighted by atomic mass is 19.1. The van der Waals surface area contributed by atoms with Crippen molar-refractivity contribution >= 4 is 5.97 Å². The Kier molecular flexibility index (Phi) is 3.83. The highest BCUT2D eigenvalue weighted by molar-refractivity contribution is 5.71. The molecule has 0 radical (unpaired) electrons. The Morgan fingerprint density at radius 1 is 1.64 bits per heavy atom. The number of rotatable bonds is 3. The quantitative estimate of drug-likeness (QED) is 0.711. The molecule has 1 rings (SSSR count). The Labute approximate surface area is 82.2 Å². The minimum Gasteiger partial charge on any atom is -0.479 e. The first-order valence-electron chi connectivity index (χ1n) is 4.78. The third kappa shape index (κ3) is 2.92. The number of carboxylic acid groups (broad SMARTS) is 1. The fraction of sp³-hybridized carbons (Fsp3) is 0.889. The van der Waals surface area contributed by atoms with Crippen LogP contribution in [0.5, 0.6) is 0 Å². The van der Waals surface area contributed by atoms with E-state index in [4.69, 9.17) is 15.6 Å². The summed E-state index contributed by atoms with van der Waals surface area (Å²) in [6.07, 6.45) is -0.858. The van der Waals surface area contributed by atoms with Crippen molar-refractivity contribution in [1.82, 2.24) is 0 Å². The van der Waals surface area contributed by atoms with Crippen LogP contribution in [-0.2, 0) is 9.53 Å². The van der Waals surface area contributed by atoms with Gasteiger partial charge in [0.15, 0.2) is 6.10 Å². The van der Waals surface area contributed by atoms with Gasteiger partial charge >= 0.3 is 5.97 Å². The van der Waals surface area contributed by atoms with Crippen molar-refractivity contribution < 1.29 is 19.0 Å². The van der Waals surface area contributed by atoms with Crippen molar-refractivity contribution in [3.8, 4) is 0 Å². The number of aliphatic carboxylic acids is 1. The Balaban J connectivity index is 2.36. The van der Waals surface area contributed by atoms with Crippen LogP contribution in [0, 0.1) is 0 Å². The molecule has 0 amide bonds. The Bertz CT molecular complexity index is 212. The lowest BCUT2D eigenvalue weighted by Gasteiger charge is -2.30. The van der Waals surface area contributed by atoms with Gasteiger partial charge in [0.2, 0.25) is 0 Å². The zero-order chi connectivity index (χ0) is 10.7. The van der Waals surface area contributed by atoms with E-state index in [2.05, 4.69) is 0 Å². The average Bonchev–Trinajstić information content (AvgIpc) is 2.11. The second-order valence-electron chi connectivity index (χ2n) is 3.73. The molecule has 0 aromatic heterocycles. The molecule has 14 heavy (non-hydrogen) atoms. The number of nitrogens with two attached hydrogens (primary N) is 1. The van der Waals surface area contributed by atoms with Gasteiger partial charge in [-0.2, -0.15) is 0 Å². The monoisotopic (exact) mass is 205 g/mol. The van der Waals surface area contributed by atoms with E-state index in [1.54, 1.807) is 0 Å². The summed E-state index contributed by atoms with van der Waals surface area (Å²) in [5.74, 6) is -1.02. The topological polar surface area (TPSA) is 72.5 Å². The standard InChI is InChI=1S/C9H16FNO3/c1-5(9(12)13)14-6-2-3-8(11)7(10)4-6/h5-8H,2-4,11H2,1H3,(H,12,13). The van der Waals surface area contributed by atoms with E-state index in [0.29, 0.717) is 12.8 Å². The predicted octanol–water partition coefficient (Wildman–Crippen LogP) is 0.694. The van der Waals surface area contributed by atoms with E-state index in [9.17, 15) is 9.18 Å². The minimum absolute atomic E-state index is 0.207. The van der Waals surface area contributed by atoms with Crippen LogP contribution in [0.15, 0.2) is 0 Å². The lowest BCUT2D eigenvalue weighted by Crippen LogP contribution is -2.41. The second kappa shape index (κ2) is 4.70. The van der Waals surface area contributed by atoms with Gasteiger partial charge in [-0.05, 0) is 19.8 Å². The van der Waals surface area contributed by atoms with E-state index in [1.807, 2.05) is 0 Å². The molecular formula is C9H16FNO3. The first kappa shape index (κ1) is 11.4. The number of carboxylic acids is 1. The number of hydrogen-bond donors (Lipinski definition) is 2. The summed E-state index contributed by atoms with van der Waals surface area (Å²) in [7, 11) is 0. The molecule has 1 aliphatic carbocycles. The summed E-state index contributed by atoms with van der Waals surface area (Å²) in [5.41, 5.74) is 5.48. The molecule has 0 aromatic rings. The summed E-state index contributed by atoms with van der Waals surface area (Å²) in [5, 5.41) is 8.59. The molecule has 1 fully saturated rings. The van der Waals surface area contributed by atoms with Gasteiger partial charge in [0, 0.05) is 12.5 Å². The highest BCUT2D eigenvalue weighted by Crippen LogP contribution is 2.23. The van der Waals surface area contributed by atoms with Crippen LogP contribution in [0.4, 0.5) is 4.39 Å². The molecule has 1 aliphatic rings. The maximum absolute atomic E-state index is 13.1. The SMILES string of the molecule is CC(OC1CCC(N)C(F)C1)C(=O)O. The summed E-state index contributed by atoms with van der Waals surface area (Å²) in [6.45, 7) is 1.45. The second-order valence-corrected chi connectivity index (χ2v) is 3.73. The third-order valence-electron chi connectivity index (χ3n) is 2.52. The third-order valence-corrected chi connectivity index (χ3v) is 2.52. The minimum atomic E-state index is -1.07. The molecule has 0 bridgehead atoms. The largest absolute Gasteiger partial charge is 0.479 e. The Morgan fingerprint density at radius 2 is 2.29 bits per heavy atom.